The minimum atomic E-state index is -0.586. The zero-order valence-corrected chi connectivity index (χ0v) is 15.6. The fourth-order valence-corrected chi connectivity index (χ4v) is 3.41. The Hall–Kier alpha value is -2.24. The number of anilines is 1. The van der Waals surface area contributed by atoms with Crippen LogP contribution in [0.3, 0.4) is 0 Å². The highest BCUT2D eigenvalue weighted by Crippen LogP contribution is 2.28. The van der Waals surface area contributed by atoms with Gasteiger partial charge in [-0.2, -0.15) is 0 Å². The Morgan fingerprint density at radius 1 is 1.16 bits per heavy atom. The second-order valence-electron chi connectivity index (χ2n) is 7.19. The van der Waals surface area contributed by atoms with E-state index in [9.17, 15) is 9.90 Å². The molecule has 0 saturated carbocycles. The summed E-state index contributed by atoms with van der Waals surface area (Å²) in [5.74, 6) is -0.147. The molecule has 1 heterocycles. The monoisotopic (exact) mass is 354 g/mol. The Bertz CT molecular complexity index is 906. The number of amides is 1. The van der Waals surface area contributed by atoms with Crippen molar-refractivity contribution < 1.29 is 9.90 Å². The first-order chi connectivity index (χ1) is 11.7. The molecule has 0 bridgehead atoms. The van der Waals surface area contributed by atoms with E-state index in [0.29, 0.717) is 16.3 Å². The van der Waals surface area contributed by atoms with Crippen LogP contribution in [0.2, 0.25) is 0 Å². The van der Waals surface area contributed by atoms with Crippen LogP contribution in [0.15, 0.2) is 42.5 Å². The van der Waals surface area contributed by atoms with Gasteiger partial charge in [0.25, 0.3) is 5.91 Å². The van der Waals surface area contributed by atoms with Gasteiger partial charge in [-0.1, -0.05) is 32.9 Å². The van der Waals surface area contributed by atoms with Crippen LogP contribution in [0, 0.1) is 0 Å². The molecule has 0 aliphatic rings. The van der Waals surface area contributed by atoms with Crippen molar-refractivity contribution in [1.29, 1.82) is 0 Å². The number of aliphatic hydroxyl groups is 1. The smallest absolute Gasteiger partial charge is 0.255 e. The normalized spacial score (nSPS) is 13.0. The van der Waals surface area contributed by atoms with Gasteiger partial charge in [0.15, 0.2) is 0 Å². The largest absolute Gasteiger partial charge is 0.386 e. The zero-order chi connectivity index (χ0) is 18.2. The second kappa shape index (κ2) is 6.58. The third-order valence-electron chi connectivity index (χ3n) is 4.03. The molecule has 0 radical (unpaired) electrons. The number of hydrogen-bond acceptors (Lipinski definition) is 4. The lowest BCUT2D eigenvalue weighted by atomic mass is 9.87. The lowest BCUT2D eigenvalue weighted by Crippen LogP contribution is -2.14. The summed E-state index contributed by atoms with van der Waals surface area (Å²) in [6, 6.07) is 13.3. The van der Waals surface area contributed by atoms with Gasteiger partial charge in [0.05, 0.1) is 10.2 Å². The molecule has 0 aliphatic carbocycles. The molecule has 1 aromatic heterocycles. The number of rotatable bonds is 3. The van der Waals surface area contributed by atoms with E-state index in [1.807, 2.05) is 42.5 Å². The van der Waals surface area contributed by atoms with Crippen LogP contribution in [0.1, 0.15) is 54.7 Å². The van der Waals surface area contributed by atoms with Gasteiger partial charge in [-0.15, -0.1) is 11.3 Å². The predicted octanol–water partition coefficient (Wildman–Crippen LogP) is 4.90. The van der Waals surface area contributed by atoms with Gasteiger partial charge in [-0.3, -0.25) is 4.79 Å². The highest BCUT2D eigenvalue weighted by Gasteiger charge is 2.15. The fraction of sp³-hybridized carbons (Fsp3) is 0.300. The summed E-state index contributed by atoms with van der Waals surface area (Å²) in [5.41, 5.74) is 3.35. The number of hydrogen-bond donors (Lipinski definition) is 2. The van der Waals surface area contributed by atoms with Gasteiger partial charge >= 0.3 is 0 Å². The number of nitrogens with zero attached hydrogens (tertiary/aromatic N) is 1. The molecule has 0 saturated heterocycles. The molecule has 5 heteroatoms. The Labute approximate surface area is 151 Å². The Balaban J connectivity index is 1.79. The predicted molar refractivity (Wildman–Crippen MR) is 103 cm³/mol. The first-order valence-electron chi connectivity index (χ1n) is 8.24. The molecule has 0 unspecified atom stereocenters. The van der Waals surface area contributed by atoms with Gasteiger partial charge in [-0.25, -0.2) is 4.98 Å². The number of carbonyl (C=O) groups is 1. The molecule has 0 spiro atoms. The van der Waals surface area contributed by atoms with Crippen LogP contribution in [0.5, 0.6) is 0 Å². The number of thiazole rings is 1. The average Bonchev–Trinajstić information content (AvgIpc) is 2.98. The minimum absolute atomic E-state index is 0.0617. The van der Waals surface area contributed by atoms with Gasteiger partial charge in [0.2, 0.25) is 0 Å². The van der Waals surface area contributed by atoms with Crippen molar-refractivity contribution in [3.05, 3.63) is 58.6 Å². The van der Waals surface area contributed by atoms with E-state index in [2.05, 4.69) is 31.1 Å². The van der Waals surface area contributed by atoms with Crippen LogP contribution in [-0.2, 0) is 5.41 Å². The SMILES string of the molecule is C[C@H](O)c1nc2cc(NC(=O)c3ccc(C(C)(C)C)cc3)ccc2s1. The molecule has 2 aromatic carbocycles. The molecule has 3 aromatic rings. The molecule has 1 amide bonds. The maximum absolute atomic E-state index is 12.5. The molecule has 1 atom stereocenters. The number of aliphatic hydroxyl groups excluding tert-OH is 1. The Morgan fingerprint density at radius 3 is 2.44 bits per heavy atom. The summed E-state index contributed by atoms with van der Waals surface area (Å²) in [6.45, 7) is 8.13. The second-order valence-corrected chi connectivity index (χ2v) is 8.25. The van der Waals surface area contributed by atoms with Crippen molar-refractivity contribution in [1.82, 2.24) is 4.98 Å². The number of fused-ring (bicyclic) bond motifs is 1. The van der Waals surface area contributed by atoms with E-state index in [4.69, 9.17) is 0 Å². The van der Waals surface area contributed by atoms with Crippen LogP contribution < -0.4 is 5.32 Å². The van der Waals surface area contributed by atoms with E-state index in [1.165, 1.54) is 16.9 Å². The fourth-order valence-electron chi connectivity index (χ4n) is 2.53. The Morgan fingerprint density at radius 2 is 1.84 bits per heavy atom. The molecular formula is C20H22N2O2S. The molecule has 0 fully saturated rings. The quantitative estimate of drug-likeness (QED) is 0.703. The third-order valence-corrected chi connectivity index (χ3v) is 5.24. The molecule has 4 nitrogen and oxygen atoms in total. The number of nitrogens with one attached hydrogen (secondary N) is 1. The first kappa shape index (κ1) is 17.6. The van der Waals surface area contributed by atoms with E-state index < -0.39 is 6.10 Å². The molecule has 25 heavy (non-hydrogen) atoms. The van der Waals surface area contributed by atoms with Gasteiger partial charge in [0, 0.05) is 11.3 Å². The minimum Gasteiger partial charge on any atom is -0.386 e. The summed E-state index contributed by atoms with van der Waals surface area (Å²) >= 11 is 1.46. The van der Waals surface area contributed by atoms with Gasteiger partial charge < -0.3 is 10.4 Å². The van der Waals surface area contributed by atoms with Crippen molar-refractivity contribution in [2.24, 2.45) is 0 Å². The number of carbonyl (C=O) groups excluding carboxylic acids is 1. The zero-order valence-electron chi connectivity index (χ0n) is 14.8. The van der Waals surface area contributed by atoms with E-state index in [-0.39, 0.29) is 11.3 Å². The lowest BCUT2D eigenvalue weighted by Gasteiger charge is -2.19. The Kier molecular flexibility index (Phi) is 4.62. The standard InChI is InChI=1S/C20H22N2O2S/c1-12(23)19-22-16-11-15(9-10-17(16)25-19)21-18(24)13-5-7-14(8-6-13)20(2,3)4/h5-12,23H,1-4H3,(H,21,24)/t12-/m0/s1. The van der Waals surface area contributed by atoms with Gasteiger partial charge in [-0.05, 0) is 48.2 Å². The van der Waals surface area contributed by atoms with Crippen molar-refractivity contribution in [3.8, 4) is 0 Å². The van der Waals surface area contributed by atoms with Crippen molar-refractivity contribution >= 4 is 33.1 Å². The van der Waals surface area contributed by atoms with Crippen LogP contribution in [0.25, 0.3) is 10.2 Å². The summed E-state index contributed by atoms with van der Waals surface area (Å²) < 4.78 is 0.989. The van der Waals surface area contributed by atoms with E-state index >= 15 is 0 Å². The number of benzene rings is 2. The van der Waals surface area contributed by atoms with E-state index in [0.717, 1.165) is 10.2 Å². The summed E-state index contributed by atoms with van der Waals surface area (Å²) in [6.07, 6.45) is -0.586. The van der Waals surface area contributed by atoms with Gasteiger partial charge in [0.1, 0.15) is 11.1 Å². The van der Waals surface area contributed by atoms with Crippen LogP contribution in [-0.4, -0.2) is 16.0 Å². The third kappa shape index (κ3) is 3.89. The summed E-state index contributed by atoms with van der Waals surface area (Å²) in [5, 5.41) is 13.2. The number of aromatic nitrogens is 1. The summed E-state index contributed by atoms with van der Waals surface area (Å²) in [7, 11) is 0. The highest BCUT2D eigenvalue weighted by atomic mass is 32.1. The molecule has 0 aliphatic heterocycles. The topological polar surface area (TPSA) is 62.2 Å². The maximum atomic E-state index is 12.5. The highest BCUT2D eigenvalue weighted by molar-refractivity contribution is 7.18. The van der Waals surface area contributed by atoms with Crippen molar-refractivity contribution in [3.63, 3.8) is 0 Å². The van der Waals surface area contributed by atoms with Crippen LogP contribution in [0.4, 0.5) is 5.69 Å². The van der Waals surface area contributed by atoms with Crippen molar-refractivity contribution in [2.75, 3.05) is 5.32 Å². The maximum Gasteiger partial charge on any atom is 0.255 e. The first-order valence-corrected chi connectivity index (χ1v) is 9.06. The molecule has 2 N–H and O–H groups in total. The molecule has 130 valence electrons. The summed E-state index contributed by atoms with van der Waals surface area (Å²) in [4.78, 5) is 16.9. The van der Waals surface area contributed by atoms with E-state index in [1.54, 1.807) is 6.92 Å². The molecule has 3 rings (SSSR count). The average molecular weight is 354 g/mol. The van der Waals surface area contributed by atoms with Crippen molar-refractivity contribution in [2.45, 2.75) is 39.2 Å². The molecular weight excluding hydrogens is 332 g/mol. The lowest BCUT2D eigenvalue weighted by molar-refractivity contribution is 0.102. The van der Waals surface area contributed by atoms with Crippen LogP contribution >= 0.6 is 11.3 Å².